The molecule has 1 heterocycles. The lowest BCUT2D eigenvalue weighted by atomic mass is 10.1. The van der Waals surface area contributed by atoms with E-state index < -0.39 is 32.5 Å². The summed E-state index contributed by atoms with van der Waals surface area (Å²) >= 11 is 0. The number of hydrogen-bond acceptors (Lipinski definition) is 4. The third-order valence-electron chi connectivity index (χ3n) is 4.74. The molecule has 0 aromatic heterocycles. The van der Waals surface area contributed by atoms with Gasteiger partial charge >= 0.3 is 0 Å². The molecule has 1 saturated heterocycles. The maximum absolute atomic E-state index is 13.9. The molecule has 0 spiro atoms. The Labute approximate surface area is 173 Å². The summed E-state index contributed by atoms with van der Waals surface area (Å²) < 4.78 is 53.4. The third kappa shape index (κ3) is 5.19. The molecule has 160 valence electrons. The van der Waals surface area contributed by atoms with Crippen molar-refractivity contribution in [3.8, 4) is 0 Å². The second-order valence-electron chi connectivity index (χ2n) is 6.80. The van der Waals surface area contributed by atoms with Crippen LogP contribution in [0.2, 0.25) is 0 Å². The van der Waals surface area contributed by atoms with Crippen molar-refractivity contribution in [3.05, 3.63) is 65.7 Å². The molecule has 1 aliphatic rings. The molecule has 0 unspecified atom stereocenters. The van der Waals surface area contributed by atoms with Gasteiger partial charge in [0, 0.05) is 26.2 Å². The van der Waals surface area contributed by atoms with E-state index >= 15 is 0 Å². The van der Waals surface area contributed by atoms with Crippen LogP contribution in [-0.2, 0) is 26.0 Å². The van der Waals surface area contributed by atoms with Crippen molar-refractivity contribution in [2.75, 3.05) is 32.7 Å². The fraction of sp³-hybridized carbons (Fsp3) is 0.300. The van der Waals surface area contributed by atoms with Gasteiger partial charge in [-0.1, -0.05) is 24.3 Å². The Morgan fingerprint density at radius 3 is 2.33 bits per heavy atom. The summed E-state index contributed by atoms with van der Waals surface area (Å²) in [6.07, 6.45) is -0.0559. The first-order chi connectivity index (χ1) is 14.3. The Bertz CT molecular complexity index is 1040. The van der Waals surface area contributed by atoms with E-state index in [1.807, 2.05) is 0 Å². The van der Waals surface area contributed by atoms with Crippen molar-refractivity contribution in [1.82, 2.24) is 14.5 Å². The third-order valence-corrected chi connectivity index (χ3v) is 6.67. The quantitative estimate of drug-likeness (QED) is 0.735. The number of carbonyl (C=O) groups excluding carboxylic acids is 2. The van der Waals surface area contributed by atoms with Crippen molar-refractivity contribution in [2.24, 2.45) is 0 Å². The van der Waals surface area contributed by atoms with Crippen LogP contribution in [0.1, 0.15) is 5.56 Å². The van der Waals surface area contributed by atoms with Gasteiger partial charge in [0.25, 0.3) is 0 Å². The van der Waals surface area contributed by atoms with Crippen LogP contribution in [0.3, 0.4) is 0 Å². The molecule has 2 amide bonds. The molecule has 2 aromatic rings. The molecule has 1 aliphatic heterocycles. The molecule has 0 saturated carbocycles. The second kappa shape index (κ2) is 9.31. The van der Waals surface area contributed by atoms with Crippen molar-refractivity contribution in [2.45, 2.75) is 11.3 Å². The molecule has 3 rings (SSSR count). The standard InChI is InChI=1S/C20H21F2N3O4S/c21-16-5-3-4-15(12-16)13-19(26)23-14-20(27)24-8-10-25(11-9-24)30(28,29)18-7-2-1-6-17(18)22/h1-7,12H,8-11,13-14H2,(H,23,26). The van der Waals surface area contributed by atoms with Gasteiger partial charge in [-0.05, 0) is 29.8 Å². The minimum absolute atomic E-state index is 0.0274. The highest BCUT2D eigenvalue weighted by atomic mass is 32.2. The van der Waals surface area contributed by atoms with Gasteiger partial charge in [-0.3, -0.25) is 9.59 Å². The highest BCUT2D eigenvalue weighted by Crippen LogP contribution is 2.20. The zero-order valence-electron chi connectivity index (χ0n) is 16.1. The van der Waals surface area contributed by atoms with Crippen LogP contribution >= 0.6 is 0 Å². The fourth-order valence-electron chi connectivity index (χ4n) is 3.15. The Morgan fingerprint density at radius 2 is 1.67 bits per heavy atom. The highest BCUT2D eigenvalue weighted by molar-refractivity contribution is 7.89. The van der Waals surface area contributed by atoms with Gasteiger partial charge < -0.3 is 10.2 Å². The Hall–Kier alpha value is -2.85. The van der Waals surface area contributed by atoms with Crippen LogP contribution in [0.25, 0.3) is 0 Å². The van der Waals surface area contributed by atoms with Gasteiger partial charge in [-0.2, -0.15) is 4.31 Å². The Kier molecular flexibility index (Phi) is 6.78. The zero-order valence-corrected chi connectivity index (χ0v) is 16.9. The van der Waals surface area contributed by atoms with E-state index in [1.165, 1.54) is 41.3 Å². The molecule has 10 heteroatoms. The fourth-order valence-corrected chi connectivity index (χ4v) is 4.64. The normalized spacial score (nSPS) is 15.1. The van der Waals surface area contributed by atoms with Crippen LogP contribution in [0, 0.1) is 11.6 Å². The maximum Gasteiger partial charge on any atom is 0.246 e. The summed E-state index contributed by atoms with van der Waals surface area (Å²) in [6, 6.07) is 10.8. The van der Waals surface area contributed by atoms with Crippen LogP contribution < -0.4 is 5.32 Å². The van der Waals surface area contributed by atoms with Crippen LogP contribution in [-0.4, -0.2) is 62.2 Å². The Balaban J connectivity index is 1.49. The number of amides is 2. The predicted molar refractivity (Wildman–Crippen MR) is 105 cm³/mol. The summed E-state index contributed by atoms with van der Waals surface area (Å²) in [7, 11) is -3.99. The van der Waals surface area contributed by atoms with E-state index in [-0.39, 0.29) is 45.1 Å². The monoisotopic (exact) mass is 437 g/mol. The molecule has 30 heavy (non-hydrogen) atoms. The lowest BCUT2D eigenvalue weighted by Crippen LogP contribution is -2.52. The van der Waals surface area contributed by atoms with E-state index in [1.54, 1.807) is 6.07 Å². The van der Waals surface area contributed by atoms with Crippen LogP contribution in [0.5, 0.6) is 0 Å². The molecule has 0 atom stereocenters. The SMILES string of the molecule is O=C(Cc1cccc(F)c1)NCC(=O)N1CCN(S(=O)(=O)c2ccccc2F)CC1. The summed E-state index contributed by atoms with van der Waals surface area (Å²) in [5, 5.41) is 2.49. The largest absolute Gasteiger partial charge is 0.347 e. The molecule has 0 bridgehead atoms. The van der Waals surface area contributed by atoms with Crippen molar-refractivity contribution in [1.29, 1.82) is 0 Å². The first-order valence-corrected chi connectivity index (χ1v) is 10.7. The van der Waals surface area contributed by atoms with Gasteiger partial charge in [0.1, 0.15) is 16.5 Å². The van der Waals surface area contributed by atoms with Crippen LogP contribution in [0.4, 0.5) is 8.78 Å². The van der Waals surface area contributed by atoms with Crippen molar-refractivity contribution >= 4 is 21.8 Å². The summed E-state index contributed by atoms with van der Waals surface area (Å²) in [4.78, 5) is 25.3. The second-order valence-corrected chi connectivity index (χ2v) is 8.71. The summed E-state index contributed by atoms with van der Waals surface area (Å²) in [5.41, 5.74) is 0.493. The number of nitrogens with one attached hydrogen (secondary N) is 1. The van der Waals surface area contributed by atoms with Gasteiger partial charge in [-0.25, -0.2) is 17.2 Å². The van der Waals surface area contributed by atoms with E-state index in [4.69, 9.17) is 0 Å². The number of hydrogen-bond donors (Lipinski definition) is 1. The van der Waals surface area contributed by atoms with Gasteiger partial charge in [-0.15, -0.1) is 0 Å². The van der Waals surface area contributed by atoms with E-state index in [0.29, 0.717) is 5.56 Å². The van der Waals surface area contributed by atoms with Gasteiger partial charge in [0.05, 0.1) is 13.0 Å². The lowest BCUT2D eigenvalue weighted by molar-refractivity contribution is -0.133. The van der Waals surface area contributed by atoms with Gasteiger partial charge in [0.2, 0.25) is 21.8 Å². The maximum atomic E-state index is 13.9. The highest BCUT2D eigenvalue weighted by Gasteiger charge is 2.31. The zero-order chi connectivity index (χ0) is 21.7. The number of rotatable bonds is 6. The number of sulfonamides is 1. The minimum Gasteiger partial charge on any atom is -0.347 e. The predicted octanol–water partition coefficient (Wildman–Crippen LogP) is 1.16. The smallest absolute Gasteiger partial charge is 0.246 e. The van der Waals surface area contributed by atoms with E-state index in [2.05, 4.69) is 5.32 Å². The van der Waals surface area contributed by atoms with Crippen LogP contribution in [0.15, 0.2) is 53.4 Å². The molecule has 0 aliphatic carbocycles. The summed E-state index contributed by atoms with van der Waals surface area (Å²) in [6.45, 7) is 0.0755. The average Bonchev–Trinajstić information content (AvgIpc) is 2.72. The number of carbonyl (C=O) groups is 2. The number of nitrogens with zero attached hydrogens (tertiary/aromatic N) is 2. The summed E-state index contributed by atoms with van der Waals surface area (Å²) in [5.74, 6) is -2.04. The first kappa shape index (κ1) is 21.8. The molecule has 1 N–H and O–H groups in total. The molecule has 7 nitrogen and oxygen atoms in total. The molecule has 1 fully saturated rings. The number of halogens is 2. The first-order valence-electron chi connectivity index (χ1n) is 9.31. The lowest BCUT2D eigenvalue weighted by Gasteiger charge is -2.34. The molecular weight excluding hydrogens is 416 g/mol. The van der Waals surface area contributed by atoms with E-state index in [9.17, 15) is 26.8 Å². The van der Waals surface area contributed by atoms with Crippen molar-refractivity contribution in [3.63, 3.8) is 0 Å². The molecule has 2 aromatic carbocycles. The minimum atomic E-state index is -3.99. The Morgan fingerprint density at radius 1 is 0.967 bits per heavy atom. The number of piperazine rings is 1. The number of benzene rings is 2. The molecular formula is C20H21F2N3O4S. The van der Waals surface area contributed by atoms with Gasteiger partial charge in [0.15, 0.2) is 0 Å². The topological polar surface area (TPSA) is 86.8 Å². The van der Waals surface area contributed by atoms with E-state index in [0.717, 1.165) is 10.4 Å². The van der Waals surface area contributed by atoms with Crippen molar-refractivity contribution < 1.29 is 26.8 Å². The average molecular weight is 437 g/mol. The molecule has 0 radical (unpaired) electrons.